The Morgan fingerprint density at radius 3 is 2.62 bits per heavy atom. The minimum atomic E-state index is -0.0242. The second kappa shape index (κ2) is 9.70. The summed E-state index contributed by atoms with van der Waals surface area (Å²) in [6.45, 7) is 5.30. The molecule has 3 aliphatic heterocycles. The van der Waals surface area contributed by atoms with E-state index in [0.29, 0.717) is 37.7 Å². The Morgan fingerprint density at radius 2 is 1.81 bits per heavy atom. The van der Waals surface area contributed by atoms with Gasteiger partial charge in [0.25, 0.3) is 5.56 Å². The Morgan fingerprint density at radius 1 is 1.00 bits per heavy atom. The van der Waals surface area contributed by atoms with Gasteiger partial charge in [-0.25, -0.2) is 0 Å². The minimum Gasteiger partial charge on any atom is -0.495 e. The van der Waals surface area contributed by atoms with Gasteiger partial charge in [0.05, 0.1) is 24.3 Å². The third kappa shape index (κ3) is 4.64. The van der Waals surface area contributed by atoms with E-state index in [1.54, 1.807) is 30.0 Å². The lowest BCUT2D eigenvalue weighted by atomic mass is 9.77. The first-order chi connectivity index (χ1) is 18.0. The summed E-state index contributed by atoms with van der Waals surface area (Å²) in [7, 11) is 1.60. The number of carbonyl (C=O) groups excluding carboxylic acids is 1. The number of aryl methyl sites for hydroxylation is 1. The number of methoxy groups -OCH3 is 1. The number of anilines is 1. The fraction of sp³-hybridized carbons (Fsp3) is 0.464. The van der Waals surface area contributed by atoms with Gasteiger partial charge in [-0.15, -0.1) is 0 Å². The molecule has 1 aromatic carbocycles. The summed E-state index contributed by atoms with van der Waals surface area (Å²) >= 11 is 0. The highest BCUT2D eigenvalue weighted by atomic mass is 16.6. The van der Waals surface area contributed by atoms with E-state index in [1.165, 1.54) is 0 Å². The molecule has 0 N–H and O–H groups in total. The van der Waals surface area contributed by atoms with E-state index in [2.05, 4.69) is 9.88 Å². The van der Waals surface area contributed by atoms with Crippen LogP contribution >= 0.6 is 0 Å². The molecule has 2 aromatic heterocycles. The number of aromatic nitrogens is 2. The van der Waals surface area contributed by atoms with Crippen LogP contribution in [0.4, 0.5) is 5.69 Å². The minimum absolute atomic E-state index is 0.0234. The fourth-order valence-electron chi connectivity index (χ4n) is 5.86. The smallest absolute Gasteiger partial charge is 0.251 e. The Labute approximate surface area is 215 Å². The highest BCUT2D eigenvalue weighted by molar-refractivity contribution is 5.96. The summed E-state index contributed by atoms with van der Waals surface area (Å²) < 4.78 is 18.4. The largest absolute Gasteiger partial charge is 0.495 e. The van der Waals surface area contributed by atoms with Crippen molar-refractivity contribution < 1.29 is 19.0 Å². The van der Waals surface area contributed by atoms with Crippen LogP contribution in [0.15, 0.2) is 47.4 Å². The fourth-order valence-corrected chi connectivity index (χ4v) is 5.86. The molecule has 0 radical (unpaired) electrons. The lowest BCUT2D eigenvalue weighted by molar-refractivity contribution is -0.118. The number of hydrogen-bond donors (Lipinski definition) is 0. The van der Waals surface area contributed by atoms with Crippen molar-refractivity contribution in [1.82, 2.24) is 14.5 Å². The molecule has 2 saturated heterocycles. The average molecular weight is 505 g/mol. The number of pyridine rings is 2. The summed E-state index contributed by atoms with van der Waals surface area (Å²) in [6.07, 6.45) is 5.12. The van der Waals surface area contributed by atoms with Gasteiger partial charge < -0.3 is 28.6 Å². The number of likely N-dealkylation sites (tertiary alicyclic amines) is 1. The maximum Gasteiger partial charge on any atom is 0.251 e. The second-order valence-electron chi connectivity index (χ2n) is 10.3. The van der Waals surface area contributed by atoms with Crippen molar-refractivity contribution in [2.45, 2.75) is 32.2 Å². The van der Waals surface area contributed by atoms with E-state index in [9.17, 15) is 9.59 Å². The zero-order valence-corrected chi connectivity index (χ0v) is 21.1. The van der Waals surface area contributed by atoms with Crippen LogP contribution in [-0.4, -0.2) is 66.9 Å². The Bertz CT molecular complexity index is 1380. The van der Waals surface area contributed by atoms with Crippen molar-refractivity contribution in [3.63, 3.8) is 0 Å². The van der Waals surface area contributed by atoms with Crippen LogP contribution in [0.25, 0.3) is 11.0 Å². The van der Waals surface area contributed by atoms with Gasteiger partial charge in [-0.05, 0) is 62.5 Å². The molecule has 2 fully saturated rings. The molecule has 37 heavy (non-hydrogen) atoms. The van der Waals surface area contributed by atoms with Crippen molar-refractivity contribution in [3.8, 4) is 17.2 Å². The first-order valence-electron chi connectivity index (χ1n) is 13.0. The van der Waals surface area contributed by atoms with Crippen LogP contribution in [0.1, 0.15) is 25.7 Å². The second-order valence-corrected chi connectivity index (χ2v) is 10.3. The van der Waals surface area contributed by atoms with Crippen LogP contribution in [0, 0.1) is 5.41 Å². The van der Waals surface area contributed by atoms with Gasteiger partial charge in [0.2, 0.25) is 5.91 Å². The molecular weight excluding hydrogens is 472 g/mol. The Balaban J connectivity index is 1.06. The molecule has 3 aromatic rings. The number of hydrogen-bond acceptors (Lipinski definition) is 7. The van der Waals surface area contributed by atoms with Gasteiger partial charge in [0.1, 0.15) is 19.0 Å². The maximum atomic E-state index is 13.0. The van der Waals surface area contributed by atoms with Crippen LogP contribution in [0.5, 0.6) is 17.2 Å². The predicted octanol–water partition coefficient (Wildman–Crippen LogP) is 3.09. The number of benzene rings is 1. The number of carbonyl (C=O) groups is 1. The average Bonchev–Trinajstić information content (AvgIpc) is 3.25. The Kier molecular flexibility index (Phi) is 6.24. The van der Waals surface area contributed by atoms with Crippen molar-refractivity contribution >= 4 is 22.6 Å². The molecule has 9 heteroatoms. The third-order valence-corrected chi connectivity index (χ3v) is 7.98. The van der Waals surface area contributed by atoms with E-state index in [1.807, 2.05) is 29.2 Å². The van der Waals surface area contributed by atoms with Crippen molar-refractivity contribution in [2.24, 2.45) is 5.41 Å². The van der Waals surface area contributed by atoms with Gasteiger partial charge in [-0.3, -0.25) is 14.6 Å². The first kappa shape index (κ1) is 23.8. The van der Waals surface area contributed by atoms with Crippen molar-refractivity contribution in [1.29, 1.82) is 0 Å². The third-order valence-electron chi connectivity index (χ3n) is 7.98. The molecule has 0 unspecified atom stereocenters. The normalized spacial score (nSPS) is 19.1. The van der Waals surface area contributed by atoms with Crippen LogP contribution < -0.4 is 24.7 Å². The van der Waals surface area contributed by atoms with Crippen molar-refractivity contribution in [3.05, 3.63) is 52.9 Å². The van der Waals surface area contributed by atoms with E-state index < -0.39 is 0 Å². The van der Waals surface area contributed by atoms with Crippen LogP contribution in [0.3, 0.4) is 0 Å². The SMILES string of the molecule is COc1cnc2ccc(=O)n(CCCN3CCC4(CC3)CC(=O)N(c3ccc5c(c3)OCCO5)C4)c2c1. The molecular formula is C28H32N4O5. The van der Waals surface area contributed by atoms with Crippen LogP contribution in [0.2, 0.25) is 0 Å². The van der Waals surface area contributed by atoms with Crippen molar-refractivity contribution in [2.75, 3.05) is 51.4 Å². The molecule has 5 heterocycles. The van der Waals surface area contributed by atoms with Gasteiger partial charge >= 0.3 is 0 Å². The summed E-state index contributed by atoms with van der Waals surface area (Å²) in [5.74, 6) is 2.28. The van der Waals surface area contributed by atoms with Crippen LogP contribution in [-0.2, 0) is 11.3 Å². The monoisotopic (exact) mass is 504 g/mol. The summed E-state index contributed by atoms with van der Waals surface area (Å²) in [5, 5.41) is 0. The highest BCUT2D eigenvalue weighted by Gasteiger charge is 2.45. The van der Waals surface area contributed by atoms with Gasteiger partial charge in [-0.1, -0.05) is 0 Å². The molecule has 0 saturated carbocycles. The van der Waals surface area contributed by atoms with E-state index in [4.69, 9.17) is 14.2 Å². The number of nitrogens with zero attached hydrogens (tertiary/aromatic N) is 4. The molecule has 194 valence electrons. The van der Waals surface area contributed by atoms with Gasteiger partial charge in [0.15, 0.2) is 11.5 Å². The van der Waals surface area contributed by atoms with E-state index in [0.717, 1.165) is 67.9 Å². The molecule has 0 bridgehead atoms. The first-order valence-corrected chi connectivity index (χ1v) is 13.0. The summed E-state index contributed by atoms with van der Waals surface area (Å²) in [6, 6.07) is 11.0. The highest BCUT2D eigenvalue weighted by Crippen LogP contribution is 2.44. The predicted molar refractivity (Wildman–Crippen MR) is 140 cm³/mol. The molecule has 9 nitrogen and oxygen atoms in total. The number of fused-ring (bicyclic) bond motifs is 2. The topological polar surface area (TPSA) is 86.1 Å². The zero-order valence-electron chi connectivity index (χ0n) is 21.1. The molecule has 6 rings (SSSR count). The number of piperidine rings is 1. The lowest BCUT2D eigenvalue weighted by Crippen LogP contribution is -2.42. The summed E-state index contributed by atoms with van der Waals surface area (Å²) in [4.78, 5) is 34.4. The van der Waals surface area contributed by atoms with Gasteiger partial charge in [0, 0.05) is 43.4 Å². The standard InChI is InChI=1S/C28H32N4O5/c1-35-21-16-23-22(29-18-21)4-6-26(33)31(23)10-2-9-30-11-7-28(8-12-30)17-27(34)32(19-28)20-3-5-24-25(15-20)37-14-13-36-24/h3-6,15-16,18H,2,7-14,17,19H2,1H3. The zero-order chi connectivity index (χ0) is 25.4. The number of ether oxygens (including phenoxy) is 3. The Hall–Kier alpha value is -3.59. The number of amides is 1. The maximum absolute atomic E-state index is 13.0. The molecule has 3 aliphatic rings. The number of rotatable bonds is 6. The molecule has 1 amide bonds. The molecule has 1 spiro atoms. The van der Waals surface area contributed by atoms with Gasteiger partial charge in [-0.2, -0.15) is 0 Å². The lowest BCUT2D eigenvalue weighted by Gasteiger charge is -2.39. The summed E-state index contributed by atoms with van der Waals surface area (Å²) in [5.41, 5.74) is 2.47. The molecule has 0 atom stereocenters. The van der Waals surface area contributed by atoms with E-state index >= 15 is 0 Å². The van der Waals surface area contributed by atoms with E-state index in [-0.39, 0.29) is 16.9 Å². The quantitative estimate of drug-likeness (QED) is 0.510. The molecule has 0 aliphatic carbocycles.